The minimum absolute atomic E-state index is 0.0293. The van der Waals surface area contributed by atoms with Crippen molar-refractivity contribution in [3.8, 4) is 5.75 Å². The third kappa shape index (κ3) is 9.23. The molecule has 0 saturated carbocycles. The fraction of sp³-hybridized carbons (Fsp3) is 0.378. The number of nitrogens with one attached hydrogen (secondary N) is 2. The number of benzene rings is 3. The average molecular weight is 714 g/mol. The average Bonchev–Trinajstić information content (AvgIpc) is 3.06. The van der Waals surface area contributed by atoms with E-state index in [-0.39, 0.29) is 43.5 Å². The van der Waals surface area contributed by atoms with Crippen molar-refractivity contribution in [3.05, 3.63) is 105 Å². The molecule has 2 heterocycles. The van der Waals surface area contributed by atoms with Crippen LogP contribution in [-0.4, -0.2) is 76.8 Å². The molecule has 9 nitrogen and oxygen atoms in total. The van der Waals surface area contributed by atoms with Gasteiger partial charge in [-0.15, -0.1) is 0 Å². The van der Waals surface area contributed by atoms with E-state index >= 15 is 0 Å². The number of ether oxygens (including phenoxy) is 1. The maximum absolute atomic E-state index is 14.0. The van der Waals surface area contributed by atoms with Crippen molar-refractivity contribution in [1.29, 1.82) is 0 Å². The summed E-state index contributed by atoms with van der Waals surface area (Å²) in [6.07, 6.45) is -0.343. The number of carboxylic acids is 1. The van der Waals surface area contributed by atoms with Crippen LogP contribution < -0.4 is 15.4 Å². The Hall–Kier alpha value is -4.39. The first kappa shape index (κ1) is 36.9. The van der Waals surface area contributed by atoms with E-state index in [4.69, 9.17) is 21.4 Å². The topological polar surface area (TPSA) is 128 Å². The molecule has 3 aromatic carbocycles. The van der Waals surface area contributed by atoms with Gasteiger partial charge < -0.3 is 30.5 Å². The van der Waals surface area contributed by atoms with Crippen molar-refractivity contribution in [2.45, 2.75) is 69.7 Å². The number of nitrogens with zero attached hydrogens (tertiary/aromatic N) is 1. The second-order valence-corrected chi connectivity index (χ2v) is 13.2. The monoisotopic (exact) mass is 713 g/mol. The highest BCUT2D eigenvalue weighted by atomic mass is 35.5. The second kappa shape index (κ2) is 16.5. The number of rotatable bonds is 14. The van der Waals surface area contributed by atoms with Gasteiger partial charge in [-0.25, -0.2) is 8.78 Å². The normalized spacial score (nSPS) is 18.4. The third-order valence-corrected chi connectivity index (χ3v) is 9.21. The summed E-state index contributed by atoms with van der Waals surface area (Å²) in [5.41, 5.74) is 3.94. The van der Waals surface area contributed by atoms with Crippen LogP contribution >= 0.6 is 11.6 Å². The lowest BCUT2D eigenvalue weighted by molar-refractivity contribution is -0.141. The number of fused-ring (bicyclic) bond motifs is 2. The molecule has 2 amide bonds. The lowest BCUT2D eigenvalue weighted by Gasteiger charge is -2.44. The van der Waals surface area contributed by atoms with Crippen LogP contribution in [0.15, 0.2) is 66.2 Å². The van der Waals surface area contributed by atoms with Crippen LogP contribution in [0.3, 0.4) is 0 Å². The molecule has 0 radical (unpaired) electrons. The third-order valence-electron chi connectivity index (χ3n) is 8.84. The van der Waals surface area contributed by atoms with Crippen molar-refractivity contribution in [2.75, 3.05) is 19.7 Å². The summed E-state index contributed by atoms with van der Waals surface area (Å²) >= 11 is 6.36. The van der Waals surface area contributed by atoms with Crippen LogP contribution in [0.1, 0.15) is 49.3 Å². The van der Waals surface area contributed by atoms with Crippen LogP contribution in [0.25, 0.3) is 5.57 Å². The number of halogens is 4. The van der Waals surface area contributed by atoms with Crippen LogP contribution in [-0.2, 0) is 27.2 Å². The van der Waals surface area contributed by atoms with Gasteiger partial charge in [0.05, 0.1) is 31.6 Å². The zero-order valence-corrected chi connectivity index (χ0v) is 28.2. The molecular weight excluding hydrogens is 675 g/mol. The molecule has 50 heavy (non-hydrogen) atoms. The summed E-state index contributed by atoms with van der Waals surface area (Å²) in [5.74, 6) is -6.16. The number of aliphatic hydroxyl groups is 1. The summed E-state index contributed by atoms with van der Waals surface area (Å²) < 4.78 is 46.5. The molecule has 0 aromatic heterocycles. The Morgan fingerprint density at radius 2 is 1.74 bits per heavy atom. The van der Waals surface area contributed by atoms with Gasteiger partial charge in [0.1, 0.15) is 0 Å². The van der Waals surface area contributed by atoms with E-state index in [9.17, 15) is 32.7 Å². The predicted molar refractivity (Wildman–Crippen MR) is 181 cm³/mol. The van der Waals surface area contributed by atoms with Gasteiger partial charge in [-0.1, -0.05) is 54.1 Å². The molecule has 2 aliphatic rings. The first-order valence-corrected chi connectivity index (χ1v) is 16.8. The first-order valence-electron chi connectivity index (χ1n) is 16.5. The van der Waals surface area contributed by atoms with Gasteiger partial charge in [-0.2, -0.15) is 4.39 Å². The number of hydrogen-bond donors (Lipinski definition) is 4. The summed E-state index contributed by atoms with van der Waals surface area (Å²) in [6, 6.07) is 15.5. The minimum Gasteiger partial charge on any atom is -0.488 e. The fourth-order valence-corrected chi connectivity index (χ4v) is 6.72. The number of carboxylic acid groups (broad SMARTS) is 1. The molecule has 5 rings (SSSR count). The number of aliphatic carboxylic acids is 1. The van der Waals surface area contributed by atoms with Crippen molar-refractivity contribution >= 4 is 35.0 Å². The van der Waals surface area contributed by atoms with Gasteiger partial charge in [0, 0.05) is 35.8 Å². The highest BCUT2D eigenvalue weighted by Crippen LogP contribution is 2.34. The Balaban J connectivity index is 1.32. The van der Waals surface area contributed by atoms with Gasteiger partial charge in [0.25, 0.3) is 0 Å². The Kier molecular flexibility index (Phi) is 12.2. The smallest absolute Gasteiger partial charge is 0.305 e. The molecule has 1 fully saturated rings. The van der Waals surface area contributed by atoms with Crippen molar-refractivity contribution < 1.29 is 42.5 Å². The lowest BCUT2D eigenvalue weighted by Crippen LogP contribution is -2.62. The largest absolute Gasteiger partial charge is 0.488 e. The van der Waals surface area contributed by atoms with E-state index in [0.717, 1.165) is 28.3 Å². The van der Waals surface area contributed by atoms with E-state index in [1.807, 2.05) is 49.4 Å². The molecule has 4 N–H and O–H groups in total. The SMILES string of the molecule is CC(Cc1ccccc1Cl)NC(=O)C1=C(c2ccc(CCCOc3c(F)ccc(F)c3F)cc2)C[C@@H]2CN(C(=O)C[C@@H](O)CC(=O)O)C[C@H]1N2. The number of aliphatic hydroxyl groups excluding tert-OH is 1. The first-order chi connectivity index (χ1) is 23.9. The van der Waals surface area contributed by atoms with Crippen molar-refractivity contribution in [3.63, 3.8) is 0 Å². The summed E-state index contributed by atoms with van der Waals surface area (Å²) in [4.78, 5) is 39.7. The highest BCUT2D eigenvalue weighted by molar-refractivity contribution is 6.31. The van der Waals surface area contributed by atoms with E-state index in [1.54, 1.807) is 11.0 Å². The Labute approximate surface area is 293 Å². The quantitative estimate of drug-likeness (QED) is 0.136. The molecule has 2 bridgehead atoms. The fourth-order valence-electron chi connectivity index (χ4n) is 6.50. The van der Waals surface area contributed by atoms with Gasteiger partial charge in [-0.3, -0.25) is 14.4 Å². The maximum Gasteiger partial charge on any atom is 0.305 e. The maximum atomic E-state index is 14.0. The molecule has 0 spiro atoms. The number of hydrogen-bond acceptors (Lipinski definition) is 6. The molecule has 4 atom stereocenters. The molecular formula is C37H39ClF3N3O6. The summed E-state index contributed by atoms with van der Waals surface area (Å²) in [5, 5.41) is 26.3. The van der Waals surface area contributed by atoms with Gasteiger partial charge in [0.2, 0.25) is 17.6 Å². The molecule has 13 heteroatoms. The lowest BCUT2D eigenvalue weighted by atomic mass is 9.82. The summed E-state index contributed by atoms with van der Waals surface area (Å²) in [7, 11) is 0. The van der Waals surface area contributed by atoms with Crippen LogP contribution in [0, 0.1) is 17.5 Å². The van der Waals surface area contributed by atoms with E-state index in [0.29, 0.717) is 48.9 Å². The second-order valence-electron chi connectivity index (χ2n) is 12.8. The van der Waals surface area contributed by atoms with E-state index in [2.05, 4.69) is 10.6 Å². The van der Waals surface area contributed by atoms with Gasteiger partial charge in [-0.05, 0) is 73.1 Å². The minimum atomic E-state index is -1.37. The zero-order chi connectivity index (χ0) is 35.9. The Morgan fingerprint density at radius 1 is 1.02 bits per heavy atom. The molecule has 0 aliphatic carbocycles. The van der Waals surface area contributed by atoms with E-state index < -0.39 is 47.7 Å². The predicted octanol–water partition coefficient (Wildman–Crippen LogP) is 5.07. The summed E-state index contributed by atoms with van der Waals surface area (Å²) in [6.45, 7) is 2.33. The number of aryl methyl sites for hydroxylation is 1. The Bertz CT molecular complexity index is 1750. The van der Waals surface area contributed by atoms with Crippen LogP contribution in [0.2, 0.25) is 5.02 Å². The van der Waals surface area contributed by atoms with Crippen LogP contribution in [0.5, 0.6) is 5.75 Å². The number of carbonyl (C=O) groups is 3. The number of carbonyl (C=O) groups excluding carboxylic acids is 2. The van der Waals surface area contributed by atoms with Crippen molar-refractivity contribution in [2.24, 2.45) is 0 Å². The zero-order valence-electron chi connectivity index (χ0n) is 27.4. The van der Waals surface area contributed by atoms with Gasteiger partial charge >= 0.3 is 5.97 Å². The van der Waals surface area contributed by atoms with Crippen LogP contribution in [0.4, 0.5) is 13.2 Å². The van der Waals surface area contributed by atoms with E-state index in [1.165, 1.54) is 0 Å². The molecule has 2 aliphatic heterocycles. The van der Waals surface area contributed by atoms with Gasteiger partial charge in [0.15, 0.2) is 17.4 Å². The Morgan fingerprint density at radius 3 is 2.46 bits per heavy atom. The highest BCUT2D eigenvalue weighted by Gasteiger charge is 2.40. The van der Waals surface area contributed by atoms with Crippen molar-refractivity contribution in [1.82, 2.24) is 15.5 Å². The number of piperazine rings is 1. The molecule has 266 valence electrons. The molecule has 1 saturated heterocycles. The standard InChI is InChI=1S/C37H39ClF3N3O6/c1-21(15-24-6-2-3-7-28(24)38)42-37(49)34-27(16-25-19-44(20-31(34)43-25)32(46)17-26(45)18-33(47)48)23-10-8-22(9-11-23)5-4-14-50-36-30(40)13-12-29(39)35(36)41/h2-3,6-13,21,25-26,31,43,45H,4-5,14-20H2,1H3,(H,42,49)(H,47,48)/t21?,25-,26-,31-/m1/s1. The molecule has 1 unspecified atom stereocenters. The molecule has 3 aromatic rings. The number of amides is 2.